The number of amides is 2. The Balaban J connectivity index is 1.69. The van der Waals surface area contributed by atoms with Crippen molar-refractivity contribution in [2.24, 2.45) is 5.92 Å². The van der Waals surface area contributed by atoms with E-state index in [1.165, 1.54) is 12.8 Å². The van der Waals surface area contributed by atoms with Crippen molar-refractivity contribution in [1.82, 2.24) is 15.1 Å². The average Bonchev–Trinajstić information content (AvgIpc) is 3.25. The van der Waals surface area contributed by atoms with Crippen molar-refractivity contribution in [3.8, 4) is 10.6 Å². The maximum Gasteiger partial charge on any atom is 0.321 e. The van der Waals surface area contributed by atoms with Gasteiger partial charge in [-0.3, -0.25) is 0 Å². The number of carbonyl (C=O) groups excluding carboxylic acids is 1. The van der Waals surface area contributed by atoms with Gasteiger partial charge in [-0.25, -0.2) is 4.79 Å². The van der Waals surface area contributed by atoms with Crippen molar-refractivity contribution < 1.29 is 4.79 Å². The van der Waals surface area contributed by atoms with Gasteiger partial charge in [-0.15, -0.1) is 10.2 Å². The predicted octanol–water partition coefficient (Wildman–Crippen LogP) is 4.17. The van der Waals surface area contributed by atoms with Crippen LogP contribution in [0.1, 0.15) is 31.2 Å². The van der Waals surface area contributed by atoms with E-state index in [0.29, 0.717) is 5.92 Å². The molecule has 0 unspecified atom stereocenters. The summed E-state index contributed by atoms with van der Waals surface area (Å²) in [5.74, 6) is 0.697. The van der Waals surface area contributed by atoms with Gasteiger partial charge < -0.3 is 10.2 Å². The van der Waals surface area contributed by atoms with Crippen molar-refractivity contribution in [2.45, 2.75) is 33.1 Å². The molecule has 1 fully saturated rings. The Morgan fingerprint density at radius 3 is 2.87 bits per heavy atom. The minimum atomic E-state index is -0.00987. The number of nitrogens with one attached hydrogen (secondary N) is 1. The van der Waals surface area contributed by atoms with Gasteiger partial charge >= 0.3 is 6.03 Å². The van der Waals surface area contributed by atoms with Crippen LogP contribution in [0.5, 0.6) is 0 Å². The first kappa shape index (κ1) is 15.9. The van der Waals surface area contributed by atoms with E-state index in [-0.39, 0.29) is 6.03 Å². The Bertz CT molecular complexity index is 681. The van der Waals surface area contributed by atoms with E-state index in [4.69, 9.17) is 0 Å². The molecule has 2 amide bonds. The number of anilines is 1. The van der Waals surface area contributed by atoms with Crippen LogP contribution in [0, 0.1) is 12.8 Å². The molecule has 1 aliphatic carbocycles. The van der Waals surface area contributed by atoms with E-state index in [9.17, 15) is 4.79 Å². The summed E-state index contributed by atoms with van der Waals surface area (Å²) in [6, 6.07) is 7.79. The highest BCUT2D eigenvalue weighted by Gasteiger charge is 2.26. The summed E-state index contributed by atoms with van der Waals surface area (Å²) in [4.78, 5) is 14.4. The molecule has 122 valence electrons. The summed E-state index contributed by atoms with van der Waals surface area (Å²) in [6.45, 7) is 5.71. The molecular weight excluding hydrogens is 308 g/mol. The Morgan fingerprint density at radius 2 is 2.22 bits per heavy atom. The van der Waals surface area contributed by atoms with Gasteiger partial charge in [0.05, 0.1) is 0 Å². The molecule has 1 aromatic carbocycles. The second kappa shape index (κ2) is 7.08. The van der Waals surface area contributed by atoms with E-state index in [2.05, 4.69) is 22.4 Å². The second-order valence-corrected chi connectivity index (χ2v) is 7.21. The molecule has 1 aliphatic rings. The van der Waals surface area contributed by atoms with E-state index in [1.54, 1.807) is 11.3 Å². The smallest absolute Gasteiger partial charge is 0.321 e. The van der Waals surface area contributed by atoms with Gasteiger partial charge in [-0.05, 0) is 44.2 Å². The molecule has 0 radical (unpaired) electrons. The number of carbonyl (C=O) groups is 1. The molecule has 1 heterocycles. The molecule has 1 N–H and O–H groups in total. The van der Waals surface area contributed by atoms with Crippen molar-refractivity contribution >= 4 is 23.1 Å². The topological polar surface area (TPSA) is 58.1 Å². The summed E-state index contributed by atoms with van der Waals surface area (Å²) in [5, 5.41) is 13.0. The summed E-state index contributed by atoms with van der Waals surface area (Å²) < 4.78 is 0. The maximum atomic E-state index is 12.5. The highest BCUT2D eigenvalue weighted by Crippen LogP contribution is 2.30. The monoisotopic (exact) mass is 330 g/mol. The fraction of sp³-hybridized carbons (Fsp3) is 0.471. The van der Waals surface area contributed by atoms with Crippen molar-refractivity contribution in [1.29, 1.82) is 0 Å². The lowest BCUT2D eigenvalue weighted by Crippen LogP contribution is -2.37. The van der Waals surface area contributed by atoms with Crippen LogP contribution in [0.25, 0.3) is 10.6 Å². The summed E-state index contributed by atoms with van der Waals surface area (Å²) in [6.07, 6.45) is 3.48. The highest BCUT2D eigenvalue weighted by molar-refractivity contribution is 7.14. The Kier molecular flexibility index (Phi) is 4.91. The molecule has 23 heavy (non-hydrogen) atoms. The standard InChI is InChI=1S/C17H22N4OS/c1-3-9-21(11-13-7-8-13)17(22)18-15-6-4-5-14(10-15)16-20-19-12(2)23-16/h4-6,10,13H,3,7-9,11H2,1-2H3,(H,18,22). The van der Waals surface area contributed by atoms with Gasteiger partial charge in [0.1, 0.15) is 10.0 Å². The van der Waals surface area contributed by atoms with Crippen molar-refractivity contribution in [3.63, 3.8) is 0 Å². The SMILES string of the molecule is CCCN(CC1CC1)C(=O)Nc1cccc(-c2nnc(C)s2)c1. The van der Waals surface area contributed by atoms with E-state index < -0.39 is 0 Å². The van der Waals surface area contributed by atoms with E-state index in [1.807, 2.05) is 36.1 Å². The molecular formula is C17H22N4OS. The lowest BCUT2D eigenvalue weighted by atomic mass is 10.2. The van der Waals surface area contributed by atoms with Gasteiger partial charge in [0.25, 0.3) is 0 Å². The first-order valence-corrected chi connectivity index (χ1v) is 8.94. The minimum absolute atomic E-state index is 0.00987. The molecule has 5 nitrogen and oxygen atoms in total. The van der Waals surface area contributed by atoms with Crippen LogP contribution < -0.4 is 5.32 Å². The van der Waals surface area contributed by atoms with Crippen molar-refractivity contribution in [3.05, 3.63) is 29.3 Å². The number of aromatic nitrogens is 2. The third kappa shape index (κ3) is 4.28. The summed E-state index contributed by atoms with van der Waals surface area (Å²) in [5.41, 5.74) is 1.79. The zero-order chi connectivity index (χ0) is 16.2. The van der Waals surface area contributed by atoms with Crippen LogP contribution in [0.3, 0.4) is 0 Å². The van der Waals surface area contributed by atoms with Crippen molar-refractivity contribution in [2.75, 3.05) is 18.4 Å². The fourth-order valence-corrected chi connectivity index (χ4v) is 3.19. The fourth-order valence-electron chi connectivity index (χ4n) is 2.50. The third-order valence-corrected chi connectivity index (χ3v) is 4.73. The molecule has 0 saturated heterocycles. The largest absolute Gasteiger partial charge is 0.324 e. The quantitative estimate of drug-likeness (QED) is 0.865. The molecule has 6 heteroatoms. The minimum Gasteiger partial charge on any atom is -0.324 e. The molecule has 2 aromatic rings. The molecule has 0 atom stereocenters. The summed E-state index contributed by atoms with van der Waals surface area (Å²) >= 11 is 1.55. The number of urea groups is 1. The summed E-state index contributed by atoms with van der Waals surface area (Å²) in [7, 11) is 0. The zero-order valence-electron chi connectivity index (χ0n) is 13.6. The molecule has 3 rings (SSSR count). The van der Waals surface area contributed by atoms with Crippen LogP contribution >= 0.6 is 11.3 Å². The Labute approximate surface area is 140 Å². The van der Waals surface area contributed by atoms with E-state index in [0.717, 1.165) is 40.8 Å². The van der Waals surface area contributed by atoms with Crippen LogP contribution in [-0.4, -0.2) is 34.2 Å². The predicted molar refractivity (Wildman–Crippen MR) is 93.7 cm³/mol. The van der Waals surface area contributed by atoms with Gasteiger partial charge in [0.2, 0.25) is 0 Å². The molecule has 0 bridgehead atoms. The molecule has 1 aromatic heterocycles. The maximum absolute atomic E-state index is 12.5. The van der Waals surface area contributed by atoms with Gasteiger partial charge in [-0.1, -0.05) is 30.4 Å². The van der Waals surface area contributed by atoms with Gasteiger partial charge in [0.15, 0.2) is 0 Å². The highest BCUT2D eigenvalue weighted by atomic mass is 32.1. The first-order valence-electron chi connectivity index (χ1n) is 8.12. The van der Waals surface area contributed by atoms with Crippen LogP contribution in [0.15, 0.2) is 24.3 Å². The Hall–Kier alpha value is -1.95. The zero-order valence-corrected chi connectivity index (χ0v) is 14.4. The van der Waals surface area contributed by atoms with Gasteiger partial charge in [-0.2, -0.15) is 0 Å². The second-order valence-electron chi connectivity index (χ2n) is 6.03. The van der Waals surface area contributed by atoms with Gasteiger partial charge in [0, 0.05) is 24.3 Å². The Morgan fingerprint density at radius 1 is 1.39 bits per heavy atom. The number of hydrogen-bond acceptors (Lipinski definition) is 4. The number of rotatable bonds is 6. The number of nitrogens with zero attached hydrogens (tertiary/aromatic N) is 3. The first-order chi connectivity index (χ1) is 11.2. The molecule has 0 aliphatic heterocycles. The average molecular weight is 330 g/mol. The molecule has 1 saturated carbocycles. The number of benzene rings is 1. The van der Waals surface area contributed by atoms with E-state index >= 15 is 0 Å². The number of aryl methyl sites for hydroxylation is 1. The molecule has 0 spiro atoms. The van der Waals surface area contributed by atoms with Crippen LogP contribution in [0.4, 0.5) is 10.5 Å². The lowest BCUT2D eigenvalue weighted by molar-refractivity contribution is 0.209. The third-order valence-electron chi connectivity index (χ3n) is 3.84. The number of hydrogen-bond donors (Lipinski definition) is 1. The lowest BCUT2D eigenvalue weighted by Gasteiger charge is -2.22. The van der Waals surface area contributed by atoms with Crippen LogP contribution in [-0.2, 0) is 0 Å². The van der Waals surface area contributed by atoms with Crippen LogP contribution in [0.2, 0.25) is 0 Å². The normalized spacial score (nSPS) is 13.8.